The molecule has 0 atom stereocenters. The number of hydrogen-bond acceptors (Lipinski definition) is 3. The fraction of sp³-hybridized carbons (Fsp3) is 0.429. The molecular weight excluding hydrogens is 146 g/mol. The van der Waals surface area contributed by atoms with Crippen LogP contribution in [-0.2, 0) is 0 Å². The quantitative estimate of drug-likeness (QED) is 0.607. The normalized spacial score (nSPS) is 17.2. The second kappa shape index (κ2) is 2.16. The molecule has 10 heavy (non-hydrogen) atoms. The molecule has 52 valence electrons. The lowest BCUT2D eigenvalue weighted by Crippen LogP contribution is -1.83. The van der Waals surface area contributed by atoms with Gasteiger partial charge < -0.3 is 0 Å². The third-order valence-corrected chi connectivity index (χ3v) is 2.69. The highest BCUT2D eigenvalue weighted by atomic mass is 32.1. The molecule has 1 fully saturated rings. The van der Waals surface area contributed by atoms with Gasteiger partial charge >= 0.3 is 0 Å². The Labute approximate surface area is 62.9 Å². The lowest BCUT2D eigenvalue weighted by atomic mass is 10.3. The maximum absolute atomic E-state index is 10.4. The van der Waals surface area contributed by atoms with E-state index in [4.69, 9.17) is 0 Å². The van der Waals surface area contributed by atoms with Gasteiger partial charge in [0.15, 0.2) is 6.29 Å². The summed E-state index contributed by atoms with van der Waals surface area (Å²) < 4.78 is 0. The van der Waals surface area contributed by atoms with E-state index in [0.717, 1.165) is 6.29 Å². The van der Waals surface area contributed by atoms with Crippen molar-refractivity contribution in [2.24, 2.45) is 0 Å². The fourth-order valence-corrected chi connectivity index (χ4v) is 1.93. The van der Waals surface area contributed by atoms with Gasteiger partial charge in [-0.2, -0.15) is 0 Å². The average Bonchev–Trinajstić information content (AvgIpc) is 2.69. The van der Waals surface area contributed by atoms with Gasteiger partial charge in [0, 0.05) is 4.88 Å². The van der Waals surface area contributed by atoms with Crippen LogP contribution in [0.2, 0.25) is 0 Å². The van der Waals surface area contributed by atoms with E-state index in [9.17, 15) is 4.79 Å². The van der Waals surface area contributed by atoms with Crippen LogP contribution in [0.4, 0.5) is 0 Å². The number of carbonyl (C=O) groups excluding carboxylic acids is 1. The summed E-state index contributed by atoms with van der Waals surface area (Å²) in [6.45, 7) is 0. The number of aromatic nitrogens is 1. The molecule has 0 N–H and O–H groups in total. The monoisotopic (exact) mass is 153 g/mol. The van der Waals surface area contributed by atoms with Crippen molar-refractivity contribution in [2.45, 2.75) is 18.8 Å². The van der Waals surface area contributed by atoms with Crippen molar-refractivity contribution < 1.29 is 4.79 Å². The Kier molecular flexibility index (Phi) is 1.31. The van der Waals surface area contributed by atoms with Crippen LogP contribution in [0.15, 0.2) is 5.51 Å². The van der Waals surface area contributed by atoms with E-state index in [-0.39, 0.29) is 0 Å². The van der Waals surface area contributed by atoms with Crippen LogP contribution in [0.3, 0.4) is 0 Å². The SMILES string of the molecule is O=Cc1ncsc1C1CC1. The van der Waals surface area contributed by atoms with Gasteiger partial charge in [-0.05, 0) is 18.8 Å². The molecule has 0 aliphatic heterocycles. The molecule has 1 aliphatic rings. The Morgan fingerprint density at radius 3 is 3.10 bits per heavy atom. The molecule has 0 bridgehead atoms. The first kappa shape index (κ1) is 6.04. The number of rotatable bonds is 2. The molecule has 3 heteroatoms. The summed E-state index contributed by atoms with van der Waals surface area (Å²) in [6, 6.07) is 0. The number of thiazole rings is 1. The van der Waals surface area contributed by atoms with Crippen LogP contribution < -0.4 is 0 Å². The van der Waals surface area contributed by atoms with Gasteiger partial charge in [0.1, 0.15) is 5.69 Å². The smallest absolute Gasteiger partial charge is 0.169 e. The van der Waals surface area contributed by atoms with Crippen LogP contribution in [0, 0.1) is 0 Å². The van der Waals surface area contributed by atoms with Crippen molar-refractivity contribution in [1.29, 1.82) is 0 Å². The Hall–Kier alpha value is -0.700. The predicted octanol–water partition coefficient (Wildman–Crippen LogP) is 1.83. The molecule has 0 amide bonds. The maximum atomic E-state index is 10.4. The fourth-order valence-electron chi connectivity index (χ4n) is 1.00. The van der Waals surface area contributed by atoms with E-state index < -0.39 is 0 Å². The van der Waals surface area contributed by atoms with Crippen LogP contribution in [0.5, 0.6) is 0 Å². The Morgan fingerprint density at radius 2 is 2.50 bits per heavy atom. The summed E-state index contributed by atoms with van der Waals surface area (Å²) >= 11 is 1.60. The van der Waals surface area contributed by atoms with Crippen molar-refractivity contribution in [2.75, 3.05) is 0 Å². The van der Waals surface area contributed by atoms with E-state index in [0.29, 0.717) is 11.6 Å². The Balaban J connectivity index is 2.37. The maximum Gasteiger partial charge on any atom is 0.169 e. The first-order valence-corrected chi connectivity index (χ1v) is 4.18. The van der Waals surface area contributed by atoms with Crippen LogP contribution in [0.25, 0.3) is 0 Å². The topological polar surface area (TPSA) is 30.0 Å². The minimum absolute atomic E-state index is 0.660. The van der Waals surface area contributed by atoms with Gasteiger partial charge in [0.25, 0.3) is 0 Å². The molecule has 1 heterocycles. The van der Waals surface area contributed by atoms with Crippen molar-refractivity contribution in [3.05, 3.63) is 16.1 Å². The summed E-state index contributed by atoms with van der Waals surface area (Å²) in [5.41, 5.74) is 2.41. The first-order valence-electron chi connectivity index (χ1n) is 3.30. The molecule has 1 aromatic heterocycles. The molecule has 1 aromatic rings. The second-order valence-electron chi connectivity index (χ2n) is 2.49. The highest BCUT2D eigenvalue weighted by molar-refractivity contribution is 7.10. The average molecular weight is 153 g/mol. The van der Waals surface area contributed by atoms with Crippen LogP contribution >= 0.6 is 11.3 Å². The summed E-state index contributed by atoms with van der Waals surface area (Å²) in [7, 11) is 0. The highest BCUT2D eigenvalue weighted by Crippen LogP contribution is 2.43. The minimum atomic E-state index is 0.660. The predicted molar refractivity (Wildman–Crippen MR) is 39.5 cm³/mol. The standard InChI is InChI=1S/C7H7NOS/c9-3-6-7(5-1-2-5)10-4-8-6/h3-5H,1-2H2. The molecule has 1 aliphatic carbocycles. The zero-order chi connectivity index (χ0) is 6.97. The van der Waals surface area contributed by atoms with Gasteiger partial charge in [0.2, 0.25) is 0 Å². The van der Waals surface area contributed by atoms with Gasteiger partial charge in [-0.1, -0.05) is 0 Å². The lowest BCUT2D eigenvalue weighted by molar-refractivity contribution is 0.111. The second-order valence-corrected chi connectivity index (χ2v) is 3.38. The van der Waals surface area contributed by atoms with Crippen molar-refractivity contribution in [3.8, 4) is 0 Å². The van der Waals surface area contributed by atoms with Crippen LogP contribution in [0.1, 0.15) is 34.1 Å². The number of aldehydes is 1. The third-order valence-electron chi connectivity index (χ3n) is 1.68. The van der Waals surface area contributed by atoms with Gasteiger partial charge in [-0.15, -0.1) is 11.3 Å². The van der Waals surface area contributed by atoms with E-state index in [1.165, 1.54) is 17.7 Å². The zero-order valence-electron chi connectivity index (χ0n) is 5.41. The molecule has 0 saturated heterocycles. The number of carbonyl (C=O) groups is 1. The highest BCUT2D eigenvalue weighted by Gasteiger charge is 2.27. The van der Waals surface area contributed by atoms with E-state index in [2.05, 4.69) is 4.98 Å². The van der Waals surface area contributed by atoms with Crippen molar-refractivity contribution >= 4 is 17.6 Å². The molecule has 1 saturated carbocycles. The molecule has 0 spiro atoms. The van der Waals surface area contributed by atoms with E-state index >= 15 is 0 Å². The molecule has 2 rings (SSSR count). The van der Waals surface area contributed by atoms with Crippen molar-refractivity contribution in [3.63, 3.8) is 0 Å². The van der Waals surface area contributed by atoms with Gasteiger partial charge in [-0.25, -0.2) is 4.98 Å². The lowest BCUT2D eigenvalue weighted by Gasteiger charge is -1.87. The van der Waals surface area contributed by atoms with Gasteiger partial charge in [-0.3, -0.25) is 4.79 Å². The zero-order valence-corrected chi connectivity index (χ0v) is 6.23. The molecule has 0 radical (unpaired) electrons. The molecule has 0 unspecified atom stereocenters. The third kappa shape index (κ3) is 0.865. The Morgan fingerprint density at radius 1 is 1.70 bits per heavy atom. The minimum Gasteiger partial charge on any atom is -0.296 e. The van der Waals surface area contributed by atoms with Crippen molar-refractivity contribution in [1.82, 2.24) is 4.98 Å². The molecule has 0 aromatic carbocycles. The van der Waals surface area contributed by atoms with E-state index in [1.807, 2.05) is 0 Å². The summed E-state index contributed by atoms with van der Waals surface area (Å²) in [5.74, 6) is 0.660. The first-order chi connectivity index (χ1) is 4.92. The molecular formula is C7H7NOS. The summed E-state index contributed by atoms with van der Waals surface area (Å²) in [6.07, 6.45) is 3.33. The molecule has 2 nitrogen and oxygen atoms in total. The van der Waals surface area contributed by atoms with Crippen LogP contribution in [-0.4, -0.2) is 11.3 Å². The number of hydrogen-bond donors (Lipinski definition) is 0. The Bertz CT molecular complexity index is 252. The summed E-state index contributed by atoms with van der Waals surface area (Å²) in [4.78, 5) is 15.5. The van der Waals surface area contributed by atoms with Gasteiger partial charge in [0.05, 0.1) is 5.51 Å². The summed E-state index contributed by atoms with van der Waals surface area (Å²) in [5, 5.41) is 0. The number of nitrogens with zero attached hydrogens (tertiary/aromatic N) is 1. The van der Waals surface area contributed by atoms with E-state index in [1.54, 1.807) is 16.8 Å². The largest absolute Gasteiger partial charge is 0.296 e.